The molecule has 1 rings (SSSR count). The highest BCUT2D eigenvalue weighted by atomic mass is 16.2. The van der Waals surface area contributed by atoms with E-state index in [0.717, 1.165) is 19.3 Å². The molecule has 2 amide bonds. The van der Waals surface area contributed by atoms with E-state index < -0.39 is 0 Å². The summed E-state index contributed by atoms with van der Waals surface area (Å²) in [6.45, 7) is 12.3. The number of nitrogens with one attached hydrogen (secondary N) is 1. The highest BCUT2D eigenvalue weighted by Crippen LogP contribution is 2.24. The number of nitrogens with zero attached hydrogens (tertiary/aromatic N) is 1. The van der Waals surface area contributed by atoms with Gasteiger partial charge < -0.3 is 10.2 Å². The molecule has 3 atom stereocenters. The van der Waals surface area contributed by atoms with Gasteiger partial charge in [-0.05, 0) is 31.6 Å². The van der Waals surface area contributed by atoms with Crippen LogP contribution in [0.15, 0.2) is 0 Å². The maximum Gasteiger partial charge on any atom is 0.246 e. The fraction of sp³-hybridized carbons (Fsp3) is 0.875. The van der Waals surface area contributed by atoms with Gasteiger partial charge in [-0.3, -0.25) is 9.59 Å². The predicted molar refractivity (Wildman–Crippen MR) is 81.2 cm³/mol. The Morgan fingerprint density at radius 2 is 1.75 bits per heavy atom. The molecule has 1 N–H and O–H groups in total. The minimum Gasteiger partial charge on any atom is -0.342 e. The SMILES string of the molecule is CCCC(C)N1C(=O)C(C(C)C)NC(=O)C1CC(C)C. The Morgan fingerprint density at radius 1 is 1.15 bits per heavy atom. The van der Waals surface area contributed by atoms with Gasteiger partial charge in [0.05, 0.1) is 0 Å². The molecule has 20 heavy (non-hydrogen) atoms. The lowest BCUT2D eigenvalue weighted by Crippen LogP contribution is -2.66. The van der Waals surface area contributed by atoms with Crippen LogP contribution in [0.5, 0.6) is 0 Å². The molecule has 4 heteroatoms. The van der Waals surface area contributed by atoms with Gasteiger partial charge in [-0.2, -0.15) is 0 Å². The summed E-state index contributed by atoms with van der Waals surface area (Å²) in [5, 5.41) is 2.92. The van der Waals surface area contributed by atoms with Crippen molar-refractivity contribution < 1.29 is 9.59 Å². The van der Waals surface area contributed by atoms with Crippen LogP contribution in [0.3, 0.4) is 0 Å². The van der Waals surface area contributed by atoms with Crippen molar-refractivity contribution in [1.29, 1.82) is 0 Å². The third-order valence-corrected chi connectivity index (χ3v) is 4.00. The highest BCUT2D eigenvalue weighted by molar-refractivity contribution is 5.97. The number of carbonyl (C=O) groups excluding carboxylic acids is 2. The molecule has 3 unspecified atom stereocenters. The molecule has 1 saturated heterocycles. The van der Waals surface area contributed by atoms with Crippen molar-refractivity contribution in [2.75, 3.05) is 0 Å². The van der Waals surface area contributed by atoms with Gasteiger partial charge in [0.2, 0.25) is 11.8 Å². The Balaban J connectivity index is 3.03. The smallest absolute Gasteiger partial charge is 0.246 e. The summed E-state index contributed by atoms with van der Waals surface area (Å²) in [5.74, 6) is 0.624. The van der Waals surface area contributed by atoms with Gasteiger partial charge in [0.1, 0.15) is 12.1 Å². The van der Waals surface area contributed by atoms with E-state index in [4.69, 9.17) is 0 Å². The molecule has 0 bridgehead atoms. The van der Waals surface area contributed by atoms with E-state index >= 15 is 0 Å². The second-order valence-electron chi connectivity index (χ2n) is 6.76. The van der Waals surface area contributed by atoms with Crippen molar-refractivity contribution in [2.45, 2.75) is 78.9 Å². The molecule has 0 spiro atoms. The number of hydrogen-bond acceptors (Lipinski definition) is 2. The lowest BCUT2D eigenvalue weighted by molar-refractivity contribution is -0.154. The van der Waals surface area contributed by atoms with Crippen LogP contribution in [0.1, 0.15) is 60.8 Å². The number of hydrogen-bond donors (Lipinski definition) is 1. The van der Waals surface area contributed by atoms with Crippen LogP contribution in [0.25, 0.3) is 0 Å². The second kappa shape index (κ2) is 7.09. The second-order valence-corrected chi connectivity index (χ2v) is 6.76. The average molecular weight is 282 g/mol. The van der Waals surface area contributed by atoms with Gasteiger partial charge in [-0.25, -0.2) is 0 Å². The monoisotopic (exact) mass is 282 g/mol. The topological polar surface area (TPSA) is 49.4 Å². The highest BCUT2D eigenvalue weighted by Gasteiger charge is 2.43. The molecule has 116 valence electrons. The van der Waals surface area contributed by atoms with E-state index in [2.05, 4.69) is 33.0 Å². The first-order valence-corrected chi connectivity index (χ1v) is 7.92. The molecule has 0 aromatic rings. The minimum atomic E-state index is -0.370. The van der Waals surface area contributed by atoms with E-state index in [1.54, 1.807) is 0 Å². The van der Waals surface area contributed by atoms with E-state index in [1.165, 1.54) is 0 Å². The summed E-state index contributed by atoms with van der Waals surface area (Å²) >= 11 is 0. The Bertz CT molecular complexity index is 352. The minimum absolute atomic E-state index is 0.0138. The standard InChI is InChI=1S/C16H30N2O2/c1-7-8-12(6)18-13(9-10(2)3)15(19)17-14(11(4)5)16(18)20/h10-14H,7-9H2,1-6H3,(H,17,19). The molecule has 0 aliphatic carbocycles. The lowest BCUT2D eigenvalue weighted by Gasteiger charge is -2.44. The summed E-state index contributed by atoms with van der Waals surface area (Å²) < 4.78 is 0. The van der Waals surface area contributed by atoms with Gasteiger partial charge in [-0.1, -0.05) is 41.0 Å². The summed E-state index contributed by atoms with van der Waals surface area (Å²) in [7, 11) is 0. The molecule has 1 aliphatic rings. The fourth-order valence-corrected chi connectivity index (χ4v) is 2.95. The summed E-state index contributed by atoms with van der Waals surface area (Å²) in [4.78, 5) is 27.0. The zero-order chi connectivity index (χ0) is 15.4. The van der Waals surface area contributed by atoms with Crippen molar-refractivity contribution in [3.05, 3.63) is 0 Å². The average Bonchev–Trinajstić information content (AvgIpc) is 2.32. The van der Waals surface area contributed by atoms with E-state index in [1.807, 2.05) is 18.7 Å². The fourth-order valence-electron chi connectivity index (χ4n) is 2.95. The Labute approximate surface area is 123 Å². The Morgan fingerprint density at radius 3 is 2.20 bits per heavy atom. The summed E-state index contributed by atoms with van der Waals surface area (Å²) in [6.07, 6.45) is 2.70. The number of rotatable bonds is 6. The van der Waals surface area contributed by atoms with Crippen LogP contribution >= 0.6 is 0 Å². The van der Waals surface area contributed by atoms with Crippen LogP contribution in [-0.2, 0) is 9.59 Å². The normalized spacial score (nSPS) is 25.3. The van der Waals surface area contributed by atoms with Gasteiger partial charge in [-0.15, -0.1) is 0 Å². The number of amides is 2. The van der Waals surface area contributed by atoms with Crippen molar-refractivity contribution in [3.63, 3.8) is 0 Å². The van der Waals surface area contributed by atoms with Crippen LogP contribution in [0.4, 0.5) is 0 Å². The molecule has 0 radical (unpaired) electrons. The first-order chi connectivity index (χ1) is 9.29. The Kier molecular flexibility index (Phi) is 6.03. The molecule has 4 nitrogen and oxygen atoms in total. The molecular weight excluding hydrogens is 252 g/mol. The molecule has 0 aromatic heterocycles. The molecule has 0 aromatic carbocycles. The van der Waals surface area contributed by atoms with Crippen LogP contribution in [0, 0.1) is 11.8 Å². The van der Waals surface area contributed by atoms with Gasteiger partial charge in [0.25, 0.3) is 0 Å². The molecule has 0 saturated carbocycles. The quantitative estimate of drug-likeness (QED) is 0.814. The molecule has 1 fully saturated rings. The van der Waals surface area contributed by atoms with E-state index in [9.17, 15) is 9.59 Å². The lowest BCUT2D eigenvalue weighted by atomic mass is 9.92. The van der Waals surface area contributed by atoms with Gasteiger partial charge in [0, 0.05) is 6.04 Å². The predicted octanol–water partition coefficient (Wildman–Crippen LogP) is 2.57. The van der Waals surface area contributed by atoms with Crippen molar-refractivity contribution in [2.24, 2.45) is 11.8 Å². The van der Waals surface area contributed by atoms with Crippen molar-refractivity contribution in [3.8, 4) is 0 Å². The third-order valence-electron chi connectivity index (χ3n) is 4.00. The number of carbonyl (C=O) groups is 2. The summed E-state index contributed by atoms with van der Waals surface area (Å²) in [6, 6.07) is -0.548. The molecular formula is C16H30N2O2. The van der Waals surface area contributed by atoms with Crippen LogP contribution in [0.2, 0.25) is 0 Å². The largest absolute Gasteiger partial charge is 0.342 e. The maximum absolute atomic E-state index is 12.7. The third kappa shape index (κ3) is 3.74. The van der Waals surface area contributed by atoms with E-state index in [0.29, 0.717) is 5.92 Å². The zero-order valence-electron chi connectivity index (χ0n) is 13.8. The maximum atomic E-state index is 12.7. The van der Waals surface area contributed by atoms with Crippen molar-refractivity contribution in [1.82, 2.24) is 10.2 Å². The van der Waals surface area contributed by atoms with E-state index in [-0.39, 0.29) is 35.9 Å². The Hall–Kier alpha value is -1.06. The van der Waals surface area contributed by atoms with Crippen LogP contribution in [-0.4, -0.2) is 34.8 Å². The van der Waals surface area contributed by atoms with Gasteiger partial charge in [0.15, 0.2) is 0 Å². The molecule has 1 aliphatic heterocycles. The first kappa shape index (κ1) is 17.0. The molecule has 1 heterocycles. The van der Waals surface area contributed by atoms with Gasteiger partial charge >= 0.3 is 0 Å². The van der Waals surface area contributed by atoms with Crippen molar-refractivity contribution >= 4 is 11.8 Å². The van der Waals surface area contributed by atoms with Crippen LogP contribution < -0.4 is 5.32 Å². The first-order valence-electron chi connectivity index (χ1n) is 7.92. The summed E-state index contributed by atoms with van der Waals surface area (Å²) in [5.41, 5.74) is 0. The zero-order valence-corrected chi connectivity index (χ0v) is 13.8. The number of piperazine rings is 1.